The number of H-pyrrole nitrogens is 1. The Balaban J connectivity index is 2.00. The first-order chi connectivity index (χ1) is 7.53. The maximum atomic E-state index is 11.8. The van der Waals surface area contributed by atoms with Crippen LogP contribution in [0.25, 0.3) is 0 Å². The van der Waals surface area contributed by atoms with E-state index in [0.717, 1.165) is 6.42 Å². The first-order valence-electron chi connectivity index (χ1n) is 5.56. The molecule has 1 aromatic heterocycles. The van der Waals surface area contributed by atoms with Crippen molar-refractivity contribution >= 4 is 10.0 Å². The Hall–Kier alpha value is -0.880. The van der Waals surface area contributed by atoms with Gasteiger partial charge in [0.25, 0.3) is 10.0 Å². The number of imidazole rings is 1. The highest BCUT2D eigenvalue weighted by Gasteiger charge is 2.33. The number of aryl methyl sites for hydroxylation is 1. The smallest absolute Gasteiger partial charge is 0.257 e. The summed E-state index contributed by atoms with van der Waals surface area (Å²) < 4.78 is 26.2. The molecule has 16 heavy (non-hydrogen) atoms. The molecule has 0 aromatic carbocycles. The molecule has 0 radical (unpaired) electrons. The van der Waals surface area contributed by atoms with Crippen LogP contribution in [0.1, 0.15) is 26.1 Å². The fourth-order valence-electron chi connectivity index (χ4n) is 1.64. The second-order valence-corrected chi connectivity index (χ2v) is 6.11. The lowest BCUT2D eigenvalue weighted by Gasteiger charge is -2.03. The molecule has 2 unspecified atom stereocenters. The van der Waals surface area contributed by atoms with Crippen molar-refractivity contribution in [2.75, 3.05) is 6.54 Å². The van der Waals surface area contributed by atoms with Crippen molar-refractivity contribution in [3.8, 4) is 0 Å². The summed E-state index contributed by atoms with van der Waals surface area (Å²) in [4.78, 5) is 6.78. The van der Waals surface area contributed by atoms with E-state index in [-0.39, 0.29) is 5.03 Å². The molecular formula is C10H17N3O2S. The van der Waals surface area contributed by atoms with Crippen molar-refractivity contribution in [1.82, 2.24) is 14.7 Å². The van der Waals surface area contributed by atoms with E-state index >= 15 is 0 Å². The number of aromatic amines is 1. The SMILES string of the molecule is CCc1ncc(S(=O)(=O)NCC2CC2C)[nH]1. The van der Waals surface area contributed by atoms with Gasteiger partial charge in [0, 0.05) is 13.0 Å². The van der Waals surface area contributed by atoms with Gasteiger partial charge in [0.05, 0.1) is 6.20 Å². The fourth-order valence-corrected chi connectivity index (χ4v) is 2.67. The molecule has 1 aromatic rings. The first kappa shape index (κ1) is 11.6. The van der Waals surface area contributed by atoms with Crippen LogP contribution >= 0.6 is 0 Å². The Labute approximate surface area is 95.7 Å². The van der Waals surface area contributed by atoms with Gasteiger partial charge in [-0.15, -0.1) is 0 Å². The third-order valence-electron chi connectivity index (χ3n) is 3.04. The zero-order valence-electron chi connectivity index (χ0n) is 9.53. The Morgan fingerprint density at radius 3 is 2.81 bits per heavy atom. The van der Waals surface area contributed by atoms with E-state index in [9.17, 15) is 8.42 Å². The van der Waals surface area contributed by atoms with E-state index in [2.05, 4.69) is 21.6 Å². The van der Waals surface area contributed by atoms with Crippen molar-refractivity contribution in [2.24, 2.45) is 11.8 Å². The van der Waals surface area contributed by atoms with Crippen LogP contribution in [0.15, 0.2) is 11.2 Å². The number of hydrogen-bond acceptors (Lipinski definition) is 3. The third kappa shape index (κ3) is 2.44. The van der Waals surface area contributed by atoms with Crippen molar-refractivity contribution in [1.29, 1.82) is 0 Å². The van der Waals surface area contributed by atoms with Crippen LogP contribution < -0.4 is 4.72 Å². The van der Waals surface area contributed by atoms with Gasteiger partial charge in [-0.1, -0.05) is 13.8 Å². The summed E-state index contributed by atoms with van der Waals surface area (Å²) in [5.41, 5.74) is 0. The molecule has 1 fully saturated rings. The Morgan fingerprint density at radius 1 is 1.62 bits per heavy atom. The summed E-state index contributed by atoms with van der Waals surface area (Å²) in [7, 11) is -3.40. The van der Waals surface area contributed by atoms with Crippen LogP contribution in [0.4, 0.5) is 0 Å². The summed E-state index contributed by atoms with van der Waals surface area (Å²) in [6.45, 7) is 4.59. The molecular weight excluding hydrogens is 226 g/mol. The Bertz CT molecular complexity index is 466. The lowest BCUT2D eigenvalue weighted by molar-refractivity contribution is 0.571. The van der Waals surface area contributed by atoms with Gasteiger partial charge < -0.3 is 4.98 Å². The van der Waals surface area contributed by atoms with Crippen LogP contribution in [0.2, 0.25) is 0 Å². The quantitative estimate of drug-likeness (QED) is 0.807. The predicted molar refractivity (Wildman–Crippen MR) is 60.4 cm³/mol. The molecule has 90 valence electrons. The summed E-state index contributed by atoms with van der Waals surface area (Å²) in [6, 6.07) is 0. The standard InChI is InChI=1S/C10H17N3O2S/c1-3-9-11-6-10(13-9)16(14,15)12-5-8-4-7(8)2/h6-8,12H,3-5H2,1-2H3,(H,11,13). The molecule has 0 saturated heterocycles. The van der Waals surface area contributed by atoms with Gasteiger partial charge >= 0.3 is 0 Å². The van der Waals surface area contributed by atoms with E-state index in [1.807, 2.05) is 6.92 Å². The normalized spacial score (nSPS) is 24.6. The number of sulfonamides is 1. The molecule has 1 aliphatic rings. The fraction of sp³-hybridized carbons (Fsp3) is 0.700. The molecule has 2 N–H and O–H groups in total. The maximum absolute atomic E-state index is 11.8. The maximum Gasteiger partial charge on any atom is 0.257 e. The molecule has 0 spiro atoms. The Morgan fingerprint density at radius 2 is 2.31 bits per heavy atom. The number of hydrogen-bond donors (Lipinski definition) is 2. The number of nitrogens with one attached hydrogen (secondary N) is 2. The summed E-state index contributed by atoms with van der Waals surface area (Å²) in [5.74, 6) is 1.85. The minimum Gasteiger partial charge on any atom is -0.332 e. The molecule has 1 saturated carbocycles. The van der Waals surface area contributed by atoms with E-state index in [0.29, 0.717) is 30.6 Å². The minimum atomic E-state index is -3.40. The average molecular weight is 243 g/mol. The van der Waals surface area contributed by atoms with Gasteiger partial charge in [0.1, 0.15) is 5.82 Å². The van der Waals surface area contributed by atoms with E-state index < -0.39 is 10.0 Å². The molecule has 0 amide bonds. The zero-order valence-corrected chi connectivity index (χ0v) is 10.3. The van der Waals surface area contributed by atoms with Crippen molar-refractivity contribution < 1.29 is 8.42 Å². The first-order valence-corrected chi connectivity index (χ1v) is 7.04. The number of nitrogens with zero attached hydrogens (tertiary/aromatic N) is 1. The molecule has 5 nitrogen and oxygen atoms in total. The van der Waals surface area contributed by atoms with Crippen LogP contribution in [-0.2, 0) is 16.4 Å². The second kappa shape index (κ2) is 4.18. The predicted octanol–water partition coefficient (Wildman–Crippen LogP) is 0.906. The van der Waals surface area contributed by atoms with Crippen LogP contribution in [0.5, 0.6) is 0 Å². The van der Waals surface area contributed by atoms with Gasteiger partial charge in [-0.25, -0.2) is 18.1 Å². The highest BCUT2D eigenvalue weighted by atomic mass is 32.2. The van der Waals surface area contributed by atoms with E-state index in [1.165, 1.54) is 6.20 Å². The zero-order chi connectivity index (χ0) is 11.8. The Kier molecular flexibility index (Phi) is 3.03. The van der Waals surface area contributed by atoms with Gasteiger partial charge in [-0.05, 0) is 18.3 Å². The lowest BCUT2D eigenvalue weighted by Crippen LogP contribution is -2.26. The lowest BCUT2D eigenvalue weighted by atomic mass is 10.3. The summed E-state index contributed by atoms with van der Waals surface area (Å²) in [5, 5.41) is 0.164. The van der Waals surface area contributed by atoms with E-state index in [4.69, 9.17) is 0 Å². The highest BCUT2D eigenvalue weighted by Crippen LogP contribution is 2.36. The van der Waals surface area contributed by atoms with Gasteiger partial charge in [0.15, 0.2) is 5.03 Å². The van der Waals surface area contributed by atoms with Crippen molar-refractivity contribution in [2.45, 2.75) is 31.7 Å². The molecule has 2 rings (SSSR count). The molecule has 0 aliphatic heterocycles. The minimum absolute atomic E-state index is 0.164. The van der Waals surface area contributed by atoms with Gasteiger partial charge in [-0.2, -0.15) is 0 Å². The monoisotopic (exact) mass is 243 g/mol. The molecule has 6 heteroatoms. The average Bonchev–Trinajstić information content (AvgIpc) is 2.78. The van der Waals surface area contributed by atoms with Gasteiger partial charge in [-0.3, -0.25) is 0 Å². The molecule has 1 heterocycles. The topological polar surface area (TPSA) is 74.8 Å². The molecule has 0 bridgehead atoms. The van der Waals surface area contributed by atoms with E-state index in [1.54, 1.807) is 0 Å². The van der Waals surface area contributed by atoms with Gasteiger partial charge in [0.2, 0.25) is 0 Å². The van der Waals surface area contributed by atoms with Crippen LogP contribution in [0.3, 0.4) is 0 Å². The highest BCUT2D eigenvalue weighted by molar-refractivity contribution is 7.89. The molecule has 2 atom stereocenters. The number of aromatic nitrogens is 2. The van der Waals surface area contributed by atoms with Crippen LogP contribution in [-0.4, -0.2) is 24.9 Å². The van der Waals surface area contributed by atoms with Crippen molar-refractivity contribution in [3.63, 3.8) is 0 Å². The summed E-state index contributed by atoms with van der Waals surface area (Å²) >= 11 is 0. The summed E-state index contributed by atoms with van der Waals surface area (Å²) in [6.07, 6.45) is 3.19. The largest absolute Gasteiger partial charge is 0.332 e. The van der Waals surface area contributed by atoms with Crippen LogP contribution in [0, 0.1) is 11.8 Å². The third-order valence-corrected chi connectivity index (χ3v) is 4.37. The number of rotatable bonds is 5. The second-order valence-electron chi connectivity index (χ2n) is 4.37. The van der Waals surface area contributed by atoms with Crippen molar-refractivity contribution in [3.05, 3.63) is 12.0 Å². The molecule has 1 aliphatic carbocycles.